The average Bonchev–Trinajstić information content (AvgIpc) is 2.30. The molecule has 0 spiro atoms. The van der Waals surface area contributed by atoms with Gasteiger partial charge >= 0.3 is 5.69 Å². The highest BCUT2D eigenvalue weighted by molar-refractivity contribution is 7.89. The van der Waals surface area contributed by atoms with E-state index in [9.17, 15) is 18.0 Å². The summed E-state index contributed by atoms with van der Waals surface area (Å²) in [6.45, 7) is 5.45. The number of hydrogen-bond donors (Lipinski definition) is 1. The van der Waals surface area contributed by atoms with Crippen molar-refractivity contribution in [3.8, 4) is 0 Å². The lowest BCUT2D eigenvalue weighted by Gasteiger charge is -2.17. The number of sulfonamides is 1. The lowest BCUT2D eigenvalue weighted by atomic mass is 10.1. The number of nitrogens with zero attached hydrogens (tertiary/aromatic N) is 2. The second kappa shape index (κ2) is 5.30. The van der Waals surface area contributed by atoms with E-state index in [0.29, 0.717) is 0 Å². The second-order valence-electron chi connectivity index (χ2n) is 4.90. The van der Waals surface area contributed by atoms with Crippen LogP contribution in [0.3, 0.4) is 0 Å². The first kappa shape index (κ1) is 15.6. The molecule has 0 aliphatic carbocycles. The summed E-state index contributed by atoms with van der Waals surface area (Å²) in [4.78, 5) is 23.0. The minimum Gasteiger partial charge on any atom is -0.302 e. The summed E-state index contributed by atoms with van der Waals surface area (Å²) in [5, 5.41) is 0. The molecule has 0 fully saturated rings. The molecule has 1 N–H and O–H groups in total. The molecule has 0 aliphatic rings. The fourth-order valence-electron chi connectivity index (χ4n) is 1.40. The summed E-state index contributed by atoms with van der Waals surface area (Å²) >= 11 is 0. The molecule has 1 heterocycles. The van der Waals surface area contributed by atoms with Crippen LogP contribution in [0.1, 0.15) is 20.8 Å². The van der Waals surface area contributed by atoms with Crippen molar-refractivity contribution in [2.75, 3.05) is 0 Å². The number of aromatic nitrogens is 2. The van der Waals surface area contributed by atoms with Crippen molar-refractivity contribution < 1.29 is 8.42 Å². The van der Waals surface area contributed by atoms with Crippen LogP contribution < -0.4 is 16.0 Å². The summed E-state index contributed by atoms with van der Waals surface area (Å²) in [5.74, 6) is 0.0890. The average molecular weight is 289 g/mol. The van der Waals surface area contributed by atoms with Gasteiger partial charge in [0.2, 0.25) is 10.0 Å². The fourth-order valence-corrected chi connectivity index (χ4v) is 2.96. The van der Waals surface area contributed by atoms with Crippen molar-refractivity contribution in [3.63, 3.8) is 0 Å². The van der Waals surface area contributed by atoms with Gasteiger partial charge in [0.15, 0.2) is 4.90 Å². The van der Waals surface area contributed by atoms with E-state index in [4.69, 9.17) is 0 Å². The molecule has 108 valence electrons. The van der Waals surface area contributed by atoms with Crippen LogP contribution in [0.4, 0.5) is 0 Å². The Kier molecular flexibility index (Phi) is 4.36. The third kappa shape index (κ3) is 3.13. The van der Waals surface area contributed by atoms with Crippen LogP contribution in [-0.4, -0.2) is 23.6 Å². The molecule has 1 aromatic rings. The van der Waals surface area contributed by atoms with Crippen LogP contribution in [-0.2, 0) is 24.1 Å². The van der Waals surface area contributed by atoms with Gasteiger partial charge in [0.05, 0.1) is 0 Å². The third-order valence-electron chi connectivity index (χ3n) is 3.05. The van der Waals surface area contributed by atoms with Crippen molar-refractivity contribution in [1.82, 2.24) is 13.9 Å². The van der Waals surface area contributed by atoms with Gasteiger partial charge in [-0.05, 0) is 12.8 Å². The molecule has 0 amide bonds. The van der Waals surface area contributed by atoms with Crippen LogP contribution in [0, 0.1) is 5.92 Å². The summed E-state index contributed by atoms with van der Waals surface area (Å²) in [6.07, 6.45) is 1.04. The summed E-state index contributed by atoms with van der Waals surface area (Å²) < 4.78 is 28.6. The molecule has 1 rings (SSSR count). The Balaban J connectivity index is 3.39. The van der Waals surface area contributed by atoms with Crippen molar-refractivity contribution in [2.45, 2.75) is 31.7 Å². The molecule has 1 aromatic heterocycles. The van der Waals surface area contributed by atoms with Gasteiger partial charge in [-0.3, -0.25) is 9.36 Å². The first-order valence-corrected chi connectivity index (χ1v) is 7.35. The molecular formula is C11H19N3O4S. The first-order chi connectivity index (χ1) is 8.58. The summed E-state index contributed by atoms with van der Waals surface area (Å²) in [5.41, 5.74) is -1.40. The van der Waals surface area contributed by atoms with E-state index >= 15 is 0 Å². The molecule has 0 aromatic carbocycles. The zero-order valence-corrected chi connectivity index (χ0v) is 12.5. The number of nitrogens with one attached hydrogen (secondary N) is 1. The molecule has 7 nitrogen and oxygen atoms in total. The minimum absolute atomic E-state index is 0.0890. The molecule has 0 bridgehead atoms. The maximum absolute atomic E-state index is 12.1. The van der Waals surface area contributed by atoms with Gasteiger partial charge in [-0.25, -0.2) is 17.9 Å². The molecular weight excluding hydrogens is 270 g/mol. The standard InChI is InChI=1S/C11H19N3O4S/c1-7(2)8(3)12-19(17,18)9-6-13(4)11(16)14(5)10(9)15/h6-8,12H,1-5H3. The van der Waals surface area contributed by atoms with Gasteiger partial charge in [-0.2, -0.15) is 0 Å². The Morgan fingerprint density at radius 3 is 2.16 bits per heavy atom. The fraction of sp³-hybridized carbons (Fsp3) is 0.636. The molecule has 0 aliphatic heterocycles. The number of aryl methyl sites for hydroxylation is 1. The van der Waals surface area contributed by atoms with Crippen LogP contribution >= 0.6 is 0 Å². The maximum Gasteiger partial charge on any atom is 0.330 e. The monoisotopic (exact) mass is 289 g/mol. The molecule has 8 heteroatoms. The normalized spacial score (nSPS) is 13.8. The van der Waals surface area contributed by atoms with Crippen LogP contribution in [0.5, 0.6) is 0 Å². The van der Waals surface area contributed by atoms with Crippen LogP contribution in [0.25, 0.3) is 0 Å². The van der Waals surface area contributed by atoms with Gasteiger partial charge < -0.3 is 4.57 Å². The van der Waals surface area contributed by atoms with Gasteiger partial charge in [-0.1, -0.05) is 13.8 Å². The third-order valence-corrected chi connectivity index (χ3v) is 4.59. The predicted octanol–water partition coefficient (Wildman–Crippen LogP) is -0.593. The highest BCUT2D eigenvalue weighted by Gasteiger charge is 2.24. The van der Waals surface area contributed by atoms with Crippen LogP contribution in [0.2, 0.25) is 0 Å². The molecule has 19 heavy (non-hydrogen) atoms. The smallest absolute Gasteiger partial charge is 0.302 e. The van der Waals surface area contributed by atoms with E-state index in [1.807, 2.05) is 13.8 Å². The zero-order chi connectivity index (χ0) is 15.0. The number of hydrogen-bond acceptors (Lipinski definition) is 4. The van der Waals surface area contributed by atoms with E-state index in [2.05, 4.69) is 4.72 Å². The summed E-state index contributed by atoms with van der Waals surface area (Å²) in [7, 11) is -1.30. The Labute approximate surface area is 111 Å². The minimum atomic E-state index is -3.94. The predicted molar refractivity (Wildman–Crippen MR) is 71.5 cm³/mol. The Hall–Kier alpha value is -1.41. The Morgan fingerprint density at radius 1 is 1.16 bits per heavy atom. The van der Waals surface area contributed by atoms with Gasteiger partial charge in [0.1, 0.15) is 0 Å². The van der Waals surface area contributed by atoms with Crippen LogP contribution in [0.15, 0.2) is 20.7 Å². The van der Waals surface area contributed by atoms with Crippen molar-refractivity contribution >= 4 is 10.0 Å². The second-order valence-corrected chi connectivity index (χ2v) is 6.59. The molecule has 1 atom stereocenters. The molecule has 1 unspecified atom stereocenters. The quantitative estimate of drug-likeness (QED) is 0.802. The Morgan fingerprint density at radius 2 is 1.68 bits per heavy atom. The van der Waals surface area contributed by atoms with Gasteiger partial charge in [0.25, 0.3) is 5.56 Å². The van der Waals surface area contributed by atoms with E-state index in [0.717, 1.165) is 15.3 Å². The van der Waals surface area contributed by atoms with E-state index in [1.54, 1.807) is 6.92 Å². The topological polar surface area (TPSA) is 90.2 Å². The largest absolute Gasteiger partial charge is 0.330 e. The molecule has 0 saturated heterocycles. The van der Waals surface area contributed by atoms with Gasteiger partial charge in [-0.15, -0.1) is 0 Å². The van der Waals surface area contributed by atoms with E-state index < -0.39 is 26.2 Å². The van der Waals surface area contributed by atoms with Crippen molar-refractivity contribution in [2.24, 2.45) is 20.0 Å². The number of rotatable bonds is 4. The van der Waals surface area contributed by atoms with E-state index in [-0.39, 0.29) is 12.0 Å². The lowest BCUT2D eigenvalue weighted by molar-refractivity contribution is 0.475. The SMILES string of the molecule is CC(C)C(C)NS(=O)(=O)c1cn(C)c(=O)n(C)c1=O. The molecule has 0 saturated carbocycles. The first-order valence-electron chi connectivity index (χ1n) is 5.87. The highest BCUT2D eigenvalue weighted by atomic mass is 32.2. The maximum atomic E-state index is 12.1. The highest BCUT2D eigenvalue weighted by Crippen LogP contribution is 2.06. The summed E-state index contributed by atoms with van der Waals surface area (Å²) in [6, 6.07) is -0.313. The van der Waals surface area contributed by atoms with Gasteiger partial charge in [0, 0.05) is 26.3 Å². The zero-order valence-electron chi connectivity index (χ0n) is 11.7. The Bertz CT molecular complexity index is 685. The van der Waals surface area contributed by atoms with Crippen molar-refractivity contribution in [1.29, 1.82) is 0 Å². The van der Waals surface area contributed by atoms with E-state index in [1.165, 1.54) is 14.1 Å². The lowest BCUT2D eigenvalue weighted by Crippen LogP contribution is -2.44. The van der Waals surface area contributed by atoms with Crippen molar-refractivity contribution in [3.05, 3.63) is 27.0 Å². The molecule has 0 radical (unpaired) electrons.